The van der Waals surface area contributed by atoms with Crippen molar-refractivity contribution in [1.29, 1.82) is 0 Å². The van der Waals surface area contributed by atoms with Crippen LogP contribution in [0, 0.1) is 6.92 Å². The molecule has 4 rings (SSSR count). The van der Waals surface area contributed by atoms with Crippen LogP contribution in [0.5, 0.6) is 0 Å². The van der Waals surface area contributed by atoms with Gasteiger partial charge in [0.05, 0.1) is 0 Å². The first-order valence-electron chi connectivity index (χ1n) is 10.9. The van der Waals surface area contributed by atoms with E-state index in [1.54, 1.807) is 31.2 Å². The minimum atomic E-state index is -0.568. The number of unbranched alkanes of at least 4 members (excludes halogenated alkanes) is 1. The summed E-state index contributed by atoms with van der Waals surface area (Å²) in [6, 6.07) is 15.5. The lowest BCUT2D eigenvalue weighted by molar-refractivity contribution is 0.0989. The molecule has 9 heteroatoms. The molecule has 0 saturated heterocycles. The first-order chi connectivity index (χ1) is 16.4. The van der Waals surface area contributed by atoms with E-state index in [1.165, 1.54) is 16.0 Å². The summed E-state index contributed by atoms with van der Waals surface area (Å²) in [5.41, 5.74) is 2.29. The van der Waals surface area contributed by atoms with Crippen molar-refractivity contribution in [3.8, 4) is 0 Å². The van der Waals surface area contributed by atoms with Gasteiger partial charge in [0, 0.05) is 28.2 Å². The summed E-state index contributed by atoms with van der Waals surface area (Å²) >= 11 is 6.91. The van der Waals surface area contributed by atoms with E-state index in [-0.39, 0.29) is 15.5 Å². The highest BCUT2D eigenvalue weighted by atomic mass is 35.5. The molecule has 0 unspecified atom stereocenters. The maximum absolute atomic E-state index is 13.3. The lowest BCUT2D eigenvalue weighted by atomic mass is 10.1. The van der Waals surface area contributed by atoms with Gasteiger partial charge in [-0.2, -0.15) is 0 Å². The average molecular weight is 495 g/mol. The van der Waals surface area contributed by atoms with E-state index in [0.29, 0.717) is 22.1 Å². The van der Waals surface area contributed by atoms with Gasteiger partial charge in [0.25, 0.3) is 17.4 Å². The Bertz CT molecular complexity index is 1410. The second kappa shape index (κ2) is 10.2. The smallest absolute Gasteiger partial charge is 0.274 e. The quantitative estimate of drug-likeness (QED) is 0.351. The minimum Gasteiger partial charge on any atom is -0.321 e. The molecular formula is C25H23ClN4O3S. The van der Waals surface area contributed by atoms with Crippen LogP contribution < -0.4 is 16.2 Å². The molecule has 0 spiro atoms. The van der Waals surface area contributed by atoms with E-state index in [1.807, 2.05) is 24.3 Å². The van der Waals surface area contributed by atoms with Gasteiger partial charge in [-0.3, -0.25) is 14.4 Å². The fourth-order valence-corrected chi connectivity index (χ4v) is 4.69. The fourth-order valence-electron chi connectivity index (χ4n) is 3.49. The van der Waals surface area contributed by atoms with Crippen LogP contribution in [0.1, 0.15) is 51.2 Å². The number of carbonyl (C=O) groups excluding carboxylic acids is 2. The van der Waals surface area contributed by atoms with E-state index >= 15 is 0 Å². The number of thiazole rings is 1. The number of hydrogen-bond acceptors (Lipinski definition) is 5. The van der Waals surface area contributed by atoms with Crippen molar-refractivity contribution < 1.29 is 9.59 Å². The van der Waals surface area contributed by atoms with Gasteiger partial charge in [-0.1, -0.05) is 48.4 Å². The fraction of sp³-hybridized carbons (Fsp3) is 0.200. The molecule has 0 aliphatic carbocycles. The zero-order valence-corrected chi connectivity index (χ0v) is 20.3. The Kier molecular flexibility index (Phi) is 7.09. The van der Waals surface area contributed by atoms with Crippen molar-refractivity contribution in [2.75, 3.05) is 10.6 Å². The molecular weight excluding hydrogens is 472 g/mol. The number of carbonyl (C=O) groups is 2. The summed E-state index contributed by atoms with van der Waals surface area (Å²) in [5, 5.41) is 6.10. The molecule has 7 nitrogen and oxygen atoms in total. The number of nitrogens with zero attached hydrogens (tertiary/aromatic N) is 2. The summed E-state index contributed by atoms with van der Waals surface area (Å²) in [7, 11) is 0. The van der Waals surface area contributed by atoms with E-state index < -0.39 is 17.4 Å². The van der Waals surface area contributed by atoms with Crippen molar-refractivity contribution >= 4 is 51.1 Å². The van der Waals surface area contributed by atoms with Gasteiger partial charge in [0.1, 0.15) is 10.6 Å². The Balaban J connectivity index is 1.69. The van der Waals surface area contributed by atoms with Gasteiger partial charge in [-0.25, -0.2) is 9.38 Å². The first-order valence-corrected chi connectivity index (χ1v) is 12.1. The molecule has 0 aliphatic heterocycles. The maximum atomic E-state index is 13.3. The molecule has 2 N–H and O–H groups in total. The number of amides is 2. The Morgan fingerprint density at radius 1 is 1.00 bits per heavy atom. The predicted molar refractivity (Wildman–Crippen MR) is 136 cm³/mol. The lowest BCUT2D eigenvalue weighted by Crippen LogP contribution is -2.25. The number of nitrogens with one attached hydrogen (secondary N) is 2. The highest BCUT2D eigenvalue weighted by Crippen LogP contribution is 2.24. The molecule has 0 saturated carbocycles. The van der Waals surface area contributed by atoms with E-state index in [0.717, 1.165) is 30.6 Å². The standard InChI is InChI=1S/C25H23ClN4O3S/c1-3-4-5-16-6-10-18(11-7-16)28-23(32)21-22(24(33)29-19-12-8-17(26)9-13-19)34-25-27-15(2)14-20(31)30(21)25/h6-14H,3-5H2,1-2H3,(H,28,32)(H,29,33). The van der Waals surface area contributed by atoms with Crippen LogP contribution in [-0.2, 0) is 6.42 Å². The van der Waals surface area contributed by atoms with Crippen molar-refractivity contribution in [3.63, 3.8) is 0 Å². The topological polar surface area (TPSA) is 92.6 Å². The van der Waals surface area contributed by atoms with E-state index in [2.05, 4.69) is 22.5 Å². The Morgan fingerprint density at radius 2 is 1.62 bits per heavy atom. The predicted octanol–water partition coefficient (Wildman–Crippen LogP) is 5.57. The Labute approximate surface area is 205 Å². The van der Waals surface area contributed by atoms with Gasteiger partial charge in [-0.05, 0) is 61.7 Å². The summed E-state index contributed by atoms with van der Waals surface area (Å²) in [6.07, 6.45) is 3.16. The van der Waals surface area contributed by atoms with Crippen molar-refractivity contribution in [2.24, 2.45) is 0 Å². The van der Waals surface area contributed by atoms with Crippen molar-refractivity contribution in [2.45, 2.75) is 33.1 Å². The largest absolute Gasteiger partial charge is 0.321 e. The van der Waals surface area contributed by atoms with Crippen molar-refractivity contribution in [3.05, 3.63) is 91.8 Å². The second-order valence-electron chi connectivity index (χ2n) is 7.85. The number of aromatic nitrogens is 2. The number of aryl methyl sites for hydroxylation is 2. The van der Waals surface area contributed by atoms with Crippen LogP contribution in [0.15, 0.2) is 59.4 Å². The molecule has 2 aromatic heterocycles. The number of benzene rings is 2. The highest BCUT2D eigenvalue weighted by Gasteiger charge is 2.26. The maximum Gasteiger partial charge on any atom is 0.274 e. The minimum absolute atomic E-state index is 0.0565. The highest BCUT2D eigenvalue weighted by molar-refractivity contribution is 7.19. The average Bonchev–Trinajstić information content (AvgIpc) is 3.20. The van der Waals surface area contributed by atoms with Crippen LogP contribution in [0.4, 0.5) is 11.4 Å². The van der Waals surface area contributed by atoms with Gasteiger partial charge in [0.2, 0.25) is 0 Å². The number of hydrogen-bond donors (Lipinski definition) is 2. The normalized spacial score (nSPS) is 10.9. The molecule has 174 valence electrons. The first kappa shape index (κ1) is 23.7. The molecule has 0 aliphatic rings. The van der Waals surface area contributed by atoms with Crippen LogP contribution >= 0.6 is 22.9 Å². The Hall–Kier alpha value is -3.49. The molecule has 2 heterocycles. The van der Waals surface area contributed by atoms with Crippen LogP contribution in [-0.4, -0.2) is 21.2 Å². The SMILES string of the molecule is CCCCc1ccc(NC(=O)c2c(C(=O)Nc3ccc(Cl)cc3)sc3nc(C)cc(=O)n23)cc1. The number of fused-ring (bicyclic) bond motifs is 1. The number of anilines is 2. The third kappa shape index (κ3) is 5.18. The van der Waals surface area contributed by atoms with Gasteiger partial charge in [0.15, 0.2) is 4.96 Å². The third-order valence-electron chi connectivity index (χ3n) is 5.20. The molecule has 0 bridgehead atoms. The van der Waals surface area contributed by atoms with Crippen LogP contribution in [0.3, 0.4) is 0 Å². The Morgan fingerprint density at radius 3 is 2.26 bits per heavy atom. The molecule has 2 amide bonds. The zero-order valence-electron chi connectivity index (χ0n) is 18.7. The van der Waals surface area contributed by atoms with Crippen molar-refractivity contribution in [1.82, 2.24) is 9.38 Å². The molecule has 0 atom stereocenters. The summed E-state index contributed by atoms with van der Waals surface area (Å²) in [6.45, 7) is 3.83. The molecule has 4 aromatic rings. The molecule has 34 heavy (non-hydrogen) atoms. The second-order valence-corrected chi connectivity index (χ2v) is 9.26. The summed E-state index contributed by atoms with van der Waals surface area (Å²) in [4.78, 5) is 43.9. The van der Waals surface area contributed by atoms with E-state index in [9.17, 15) is 14.4 Å². The van der Waals surface area contributed by atoms with Gasteiger partial charge >= 0.3 is 0 Å². The summed E-state index contributed by atoms with van der Waals surface area (Å²) < 4.78 is 1.18. The monoisotopic (exact) mass is 494 g/mol. The molecule has 2 aromatic carbocycles. The number of halogens is 1. The van der Waals surface area contributed by atoms with Gasteiger partial charge in [-0.15, -0.1) is 0 Å². The van der Waals surface area contributed by atoms with Crippen LogP contribution in [0.25, 0.3) is 4.96 Å². The molecule has 0 radical (unpaired) electrons. The summed E-state index contributed by atoms with van der Waals surface area (Å²) in [5.74, 6) is -1.09. The third-order valence-corrected chi connectivity index (χ3v) is 6.49. The lowest BCUT2D eigenvalue weighted by Gasteiger charge is -2.09. The zero-order chi connectivity index (χ0) is 24.2. The van der Waals surface area contributed by atoms with E-state index in [4.69, 9.17) is 11.6 Å². The van der Waals surface area contributed by atoms with Gasteiger partial charge < -0.3 is 10.6 Å². The van der Waals surface area contributed by atoms with Crippen LogP contribution in [0.2, 0.25) is 5.02 Å². The number of rotatable bonds is 7. The molecule has 0 fully saturated rings.